The molecule has 0 aliphatic rings. The monoisotopic (exact) mass is 237 g/mol. The number of amides is 1. The molecule has 5 nitrogen and oxygen atoms in total. The summed E-state index contributed by atoms with van der Waals surface area (Å²) in [5, 5.41) is 8.88. The zero-order valence-corrected chi connectivity index (χ0v) is 11.0. The van der Waals surface area contributed by atoms with Gasteiger partial charge in [0.1, 0.15) is 5.82 Å². The fraction of sp³-hybridized carbons (Fsp3) is 0.500. The van der Waals surface area contributed by atoms with Crippen molar-refractivity contribution in [1.82, 2.24) is 9.88 Å². The number of nitrogens with zero attached hydrogens (tertiary/aromatic N) is 3. The molecule has 0 fully saturated rings. The van der Waals surface area contributed by atoms with Gasteiger partial charge in [0.2, 0.25) is 0 Å². The largest absolute Gasteiger partial charge is 0.465 e. The summed E-state index contributed by atoms with van der Waals surface area (Å²) in [5.41, 5.74) is 2.97. The second kappa shape index (κ2) is 5.03. The van der Waals surface area contributed by atoms with Crippen LogP contribution in [0.15, 0.2) is 6.07 Å². The lowest BCUT2D eigenvalue weighted by molar-refractivity contribution is 0.153. The van der Waals surface area contributed by atoms with Gasteiger partial charge in [0.15, 0.2) is 0 Å². The Morgan fingerprint density at radius 2 is 1.94 bits per heavy atom. The number of aromatic nitrogens is 1. The van der Waals surface area contributed by atoms with Crippen LogP contribution in [0.2, 0.25) is 0 Å². The predicted molar refractivity (Wildman–Crippen MR) is 67.5 cm³/mol. The van der Waals surface area contributed by atoms with Crippen LogP contribution in [0.5, 0.6) is 0 Å². The van der Waals surface area contributed by atoms with Crippen LogP contribution in [0.4, 0.5) is 10.6 Å². The lowest BCUT2D eigenvalue weighted by Crippen LogP contribution is -2.25. The van der Waals surface area contributed by atoms with Gasteiger partial charge in [-0.1, -0.05) is 0 Å². The molecule has 0 saturated heterocycles. The molecule has 0 aliphatic heterocycles. The molecule has 1 aromatic rings. The van der Waals surface area contributed by atoms with Gasteiger partial charge >= 0.3 is 6.09 Å². The van der Waals surface area contributed by atoms with Crippen molar-refractivity contribution in [2.24, 2.45) is 0 Å². The van der Waals surface area contributed by atoms with Crippen LogP contribution in [0.3, 0.4) is 0 Å². The summed E-state index contributed by atoms with van der Waals surface area (Å²) in [6.45, 7) is 4.28. The molecule has 1 aromatic heterocycles. The van der Waals surface area contributed by atoms with Crippen molar-refractivity contribution in [3.05, 3.63) is 22.9 Å². The average Bonchev–Trinajstić information content (AvgIpc) is 2.23. The van der Waals surface area contributed by atoms with Gasteiger partial charge in [0.05, 0.1) is 0 Å². The first-order valence-electron chi connectivity index (χ1n) is 5.41. The van der Waals surface area contributed by atoms with Crippen LogP contribution < -0.4 is 4.90 Å². The third-order valence-electron chi connectivity index (χ3n) is 2.80. The molecular formula is C12H19N3O2. The van der Waals surface area contributed by atoms with E-state index >= 15 is 0 Å². The summed E-state index contributed by atoms with van der Waals surface area (Å²) < 4.78 is 0. The van der Waals surface area contributed by atoms with E-state index in [0.717, 1.165) is 22.6 Å². The Morgan fingerprint density at radius 1 is 1.35 bits per heavy atom. The van der Waals surface area contributed by atoms with Gasteiger partial charge in [-0.3, -0.25) is 0 Å². The van der Waals surface area contributed by atoms with Gasteiger partial charge in [0.25, 0.3) is 0 Å². The number of carbonyl (C=O) groups is 1. The molecule has 1 rings (SSSR count). The molecule has 0 bridgehead atoms. The maximum absolute atomic E-state index is 10.8. The topological polar surface area (TPSA) is 56.7 Å². The number of aryl methyl sites for hydroxylation is 1. The molecule has 1 heterocycles. The van der Waals surface area contributed by atoms with E-state index in [1.807, 2.05) is 38.9 Å². The van der Waals surface area contributed by atoms with E-state index in [9.17, 15) is 4.79 Å². The lowest BCUT2D eigenvalue weighted by atomic mass is 10.1. The van der Waals surface area contributed by atoms with Crippen molar-refractivity contribution in [2.75, 3.05) is 26.0 Å². The maximum atomic E-state index is 10.8. The second-order valence-corrected chi connectivity index (χ2v) is 4.38. The van der Waals surface area contributed by atoms with Gasteiger partial charge in [-0.15, -0.1) is 0 Å². The highest BCUT2D eigenvalue weighted by Gasteiger charge is 2.12. The van der Waals surface area contributed by atoms with E-state index in [1.165, 1.54) is 4.90 Å². The van der Waals surface area contributed by atoms with Crippen LogP contribution in [0.1, 0.15) is 16.8 Å². The summed E-state index contributed by atoms with van der Waals surface area (Å²) in [4.78, 5) is 18.4. The molecule has 0 atom stereocenters. The number of anilines is 1. The Hall–Kier alpha value is -1.78. The van der Waals surface area contributed by atoms with Crippen molar-refractivity contribution in [3.63, 3.8) is 0 Å². The first-order valence-corrected chi connectivity index (χ1v) is 5.41. The van der Waals surface area contributed by atoms with Crippen molar-refractivity contribution in [1.29, 1.82) is 0 Å². The van der Waals surface area contributed by atoms with Gasteiger partial charge in [-0.05, 0) is 31.0 Å². The Kier molecular flexibility index (Phi) is 3.93. The lowest BCUT2D eigenvalue weighted by Gasteiger charge is -2.19. The zero-order chi connectivity index (χ0) is 13.2. The summed E-state index contributed by atoms with van der Waals surface area (Å²) in [6, 6.07) is 1.93. The molecule has 0 aromatic carbocycles. The first-order chi connectivity index (χ1) is 7.82. The fourth-order valence-corrected chi connectivity index (χ4v) is 1.50. The summed E-state index contributed by atoms with van der Waals surface area (Å²) in [5.74, 6) is 0.849. The fourth-order valence-electron chi connectivity index (χ4n) is 1.50. The molecule has 94 valence electrons. The van der Waals surface area contributed by atoms with E-state index in [-0.39, 0.29) is 0 Å². The number of pyridine rings is 1. The minimum absolute atomic E-state index is 0.380. The number of carboxylic acid groups (broad SMARTS) is 1. The van der Waals surface area contributed by atoms with Crippen molar-refractivity contribution in [2.45, 2.75) is 20.4 Å². The van der Waals surface area contributed by atoms with Gasteiger partial charge in [-0.2, -0.15) is 0 Å². The summed E-state index contributed by atoms with van der Waals surface area (Å²) in [7, 11) is 5.40. The quantitative estimate of drug-likeness (QED) is 0.872. The molecule has 0 saturated carbocycles. The summed E-state index contributed by atoms with van der Waals surface area (Å²) >= 11 is 0. The van der Waals surface area contributed by atoms with E-state index in [0.29, 0.717) is 6.54 Å². The highest BCUT2D eigenvalue weighted by Crippen LogP contribution is 2.19. The van der Waals surface area contributed by atoms with Gasteiger partial charge in [0, 0.05) is 33.4 Å². The average molecular weight is 237 g/mol. The molecule has 17 heavy (non-hydrogen) atoms. The molecule has 0 radical (unpaired) electrons. The van der Waals surface area contributed by atoms with Crippen molar-refractivity contribution < 1.29 is 9.90 Å². The van der Waals surface area contributed by atoms with Crippen LogP contribution >= 0.6 is 0 Å². The Balaban J connectivity index is 3.09. The standard InChI is InChI=1S/C12H19N3O2/c1-8-9(2)13-11(14(3)4)6-10(8)7-15(5)12(16)17/h6H,7H2,1-5H3,(H,16,17). The highest BCUT2D eigenvalue weighted by molar-refractivity contribution is 5.64. The third-order valence-corrected chi connectivity index (χ3v) is 2.80. The molecule has 1 amide bonds. The second-order valence-electron chi connectivity index (χ2n) is 4.38. The summed E-state index contributed by atoms with van der Waals surface area (Å²) in [6.07, 6.45) is -0.926. The van der Waals surface area contributed by atoms with Crippen LogP contribution in [-0.4, -0.2) is 42.2 Å². The molecule has 5 heteroatoms. The van der Waals surface area contributed by atoms with Crippen molar-refractivity contribution >= 4 is 11.9 Å². The van der Waals surface area contributed by atoms with E-state index < -0.39 is 6.09 Å². The van der Waals surface area contributed by atoms with E-state index in [4.69, 9.17) is 5.11 Å². The zero-order valence-electron chi connectivity index (χ0n) is 11.0. The minimum atomic E-state index is -0.926. The number of hydrogen-bond acceptors (Lipinski definition) is 3. The van der Waals surface area contributed by atoms with Gasteiger partial charge in [-0.25, -0.2) is 9.78 Å². The smallest absolute Gasteiger partial charge is 0.407 e. The number of hydrogen-bond donors (Lipinski definition) is 1. The molecule has 0 spiro atoms. The van der Waals surface area contributed by atoms with E-state index in [1.54, 1.807) is 7.05 Å². The molecule has 0 aliphatic carbocycles. The van der Waals surface area contributed by atoms with E-state index in [2.05, 4.69) is 4.98 Å². The van der Waals surface area contributed by atoms with Gasteiger partial charge < -0.3 is 14.9 Å². The normalized spacial score (nSPS) is 10.2. The number of rotatable bonds is 3. The van der Waals surface area contributed by atoms with Crippen molar-refractivity contribution in [3.8, 4) is 0 Å². The van der Waals surface area contributed by atoms with Crippen LogP contribution in [-0.2, 0) is 6.54 Å². The highest BCUT2D eigenvalue weighted by atomic mass is 16.4. The molecule has 0 unspecified atom stereocenters. The van der Waals surface area contributed by atoms with Crippen LogP contribution in [0, 0.1) is 13.8 Å². The Labute approximate surface area is 102 Å². The molecule has 1 N–H and O–H groups in total. The maximum Gasteiger partial charge on any atom is 0.407 e. The van der Waals surface area contributed by atoms with Crippen LogP contribution in [0.25, 0.3) is 0 Å². The first kappa shape index (κ1) is 13.3. The Morgan fingerprint density at radius 3 is 2.41 bits per heavy atom. The SMILES string of the molecule is Cc1nc(N(C)C)cc(CN(C)C(=O)O)c1C. The Bertz CT molecular complexity index is 430. The predicted octanol–water partition coefficient (Wildman–Crippen LogP) is 1.87. The third kappa shape index (κ3) is 3.09. The minimum Gasteiger partial charge on any atom is -0.465 e. The molecular weight excluding hydrogens is 218 g/mol.